The van der Waals surface area contributed by atoms with E-state index in [1.807, 2.05) is 4.90 Å². The molecular weight excluding hydrogens is 438 g/mol. The third kappa shape index (κ3) is 4.86. The van der Waals surface area contributed by atoms with Crippen molar-refractivity contribution >= 4 is 43.2 Å². The number of hydrogen-bond acceptors (Lipinski definition) is 5. The SMILES string of the molecule is C[C@@H]1CCCC[C@H]1NC(=O)CN1CCN(S(=O)(=O)c2ccc(Br)s2)CC1. The average Bonchev–Trinajstić information content (AvgIpc) is 3.05. The number of rotatable bonds is 5. The predicted octanol–water partition coefficient (Wildman–Crippen LogP) is 2.51. The maximum Gasteiger partial charge on any atom is 0.252 e. The Morgan fingerprint density at radius 1 is 1.23 bits per heavy atom. The first-order valence-electron chi connectivity index (χ1n) is 9.13. The molecule has 1 saturated carbocycles. The Bertz CT molecular complexity index is 729. The first-order valence-corrected chi connectivity index (χ1v) is 12.2. The fourth-order valence-electron chi connectivity index (χ4n) is 3.68. The minimum atomic E-state index is -3.43. The van der Waals surface area contributed by atoms with Crippen LogP contribution in [0.1, 0.15) is 32.6 Å². The molecule has 0 spiro atoms. The number of carbonyl (C=O) groups excluding carboxylic acids is 1. The molecule has 3 rings (SSSR count). The highest BCUT2D eigenvalue weighted by molar-refractivity contribution is 9.11. The second-order valence-electron chi connectivity index (χ2n) is 7.17. The maximum absolute atomic E-state index is 12.6. The molecule has 0 bridgehead atoms. The molecule has 2 fully saturated rings. The van der Waals surface area contributed by atoms with E-state index in [0.717, 1.165) is 10.2 Å². The summed E-state index contributed by atoms with van der Waals surface area (Å²) in [6.07, 6.45) is 4.69. The van der Waals surface area contributed by atoms with Gasteiger partial charge >= 0.3 is 0 Å². The fraction of sp³-hybridized carbons (Fsp3) is 0.706. The number of halogens is 1. The van der Waals surface area contributed by atoms with Crippen molar-refractivity contribution in [3.8, 4) is 0 Å². The van der Waals surface area contributed by atoms with Crippen molar-refractivity contribution in [2.75, 3.05) is 32.7 Å². The third-order valence-corrected chi connectivity index (χ3v) is 9.29. The number of nitrogens with zero attached hydrogens (tertiary/aromatic N) is 2. The van der Waals surface area contributed by atoms with Crippen LogP contribution in [0.2, 0.25) is 0 Å². The summed E-state index contributed by atoms with van der Waals surface area (Å²) in [7, 11) is -3.43. The Morgan fingerprint density at radius 2 is 1.92 bits per heavy atom. The van der Waals surface area contributed by atoms with Crippen LogP contribution in [-0.2, 0) is 14.8 Å². The van der Waals surface area contributed by atoms with Crippen LogP contribution in [0.3, 0.4) is 0 Å². The average molecular weight is 464 g/mol. The van der Waals surface area contributed by atoms with E-state index < -0.39 is 10.0 Å². The highest BCUT2D eigenvalue weighted by atomic mass is 79.9. The van der Waals surface area contributed by atoms with Gasteiger partial charge in [-0.25, -0.2) is 8.42 Å². The van der Waals surface area contributed by atoms with Crippen LogP contribution in [0.15, 0.2) is 20.1 Å². The van der Waals surface area contributed by atoms with E-state index in [1.54, 1.807) is 12.1 Å². The Morgan fingerprint density at radius 3 is 2.54 bits per heavy atom. The molecule has 2 heterocycles. The van der Waals surface area contributed by atoms with Crippen molar-refractivity contribution in [1.29, 1.82) is 0 Å². The maximum atomic E-state index is 12.6. The van der Waals surface area contributed by atoms with E-state index >= 15 is 0 Å². The molecule has 1 aliphatic carbocycles. The number of amides is 1. The number of piperazine rings is 1. The van der Waals surface area contributed by atoms with E-state index in [-0.39, 0.29) is 11.9 Å². The molecule has 1 aromatic heterocycles. The van der Waals surface area contributed by atoms with Crippen LogP contribution in [-0.4, -0.2) is 62.3 Å². The number of thiophene rings is 1. The minimum absolute atomic E-state index is 0.0576. The Kier molecular flexibility index (Phi) is 6.77. The van der Waals surface area contributed by atoms with Crippen molar-refractivity contribution in [2.45, 2.75) is 42.9 Å². The van der Waals surface area contributed by atoms with Crippen molar-refractivity contribution in [3.05, 3.63) is 15.9 Å². The van der Waals surface area contributed by atoms with Crippen LogP contribution >= 0.6 is 27.3 Å². The molecule has 1 aromatic rings. The Balaban J connectivity index is 1.48. The van der Waals surface area contributed by atoms with E-state index in [2.05, 4.69) is 28.2 Å². The highest BCUT2D eigenvalue weighted by Gasteiger charge is 2.30. The second-order valence-corrected chi connectivity index (χ2v) is 11.8. The van der Waals surface area contributed by atoms with E-state index in [4.69, 9.17) is 0 Å². The van der Waals surface area contributed by atoms with Gasteiger partial charge in [-0.3, -0.25) is 9.69 Å². The molecule has 26 heavy (non-hydrogen) atoms. The zero-order chi connectivity index (χ0) is 18.7. The van der Waals surface area contributed by atoms with Gasteiger partial charge in [-0.2, -0.15) is 4.31 Å². The quantitative estimate of drug-likeness (QED) is 0.727. The van der Waals surface area contributed by atoms with Gasteiger partial charge < -0.3 is 5.32 Å². The molecule has 1 aliphatic heterocycles. The molecule has 146 valence electrons. The van der Waals surface area contributed by atoms with Crippen molar-refractivity contribution in [3.63, 3.8) is 0 Å². The Hall–Kier alpha value is -0.480. The highest BCUT2D eigenvalue weighted by Crippen LogP contribution is 2.29. The molecule has 9 heteroatoms. The van der Waals surface area contributed by atoms with Crippen LogP contribution < -0.4 is 5.32 Å². The molecule has 0 unspecified atom stereocenters. The molecule has 0 aromatic carbocycles. The van der Waals surface area contributed by atoms with Crippen molar-refractivity contribution < 1.29 is 13.2 Å². The second kappa shape index (κ2) is 8.68. The summed E-state index contributed by atoms with van der Waals surface area (Å²) >= 11 is 4.54. The summed E-state index contributed by atoms with van der Waals surface area (Å²) in [6, 6.07) is 3.68. The van der Waals surface area contributed by atoms with Crippen LogP contribution in [0.25, 0.3) is 0 Å². The molecule has 0 radical (unpaired) electrons. The number of hydrogen-bond donors (Lipinski definition) is 1. The van der Waals surface area contributed by atoms with Gasteiger partial charge in [0, 0.05) is 32.2 Å². The predicted molar refractivity (Wildman–Crippen MR) is 107 cm³/mol. The van der Waals surface area contributed by atoms with Gasteiger partial charge in [0.05, 0.1) is 10.3 Å². The van der Waals surface area contributed by atoms with Gasteiger partial charge in [-0.15, -0.1) is 11.3 Å². The van der Waals surface area contributed by atoms with E-state index in [0.29, 0.717) is 42.9 Å². The van der Waals surface area contributed by atoms with Crippen LogP contribution in [0.5, 0.6) is 0 Å². The molecular formula is C17H26BrN3O3S2. The summed E-state index contributed by atoms with van der Waals surface area (Å²) < 4.78 is 28.0. The Labute approximate surface area is 168 Å². The summed E-state index contributed by atoms with van der Waals surface area (Å²) in [6.45, 7) is 4.56. The molecule has 1 saturated heterocycles. The number of carbonyl (C=O) groups is 1. The number of nitrogens with one attached hydrogen (secondary N) is 1. The summed E-state index contributed by atoms with van der Waals surface area (Å²) in [5, 5.41) is 3.17. The normalized spacial score (nSPS) is 25.9. The lowest BCUT2D eigenvalue weighted by Gasteiger charge is -2.34. The minimum Gasteiger partial charge on any atom is -0.352 e. The van der Waals surface area contributed by atoms with Crippen LogP contribution in [0, 0.1) is 5.92 Å². The summed E-state index contributed by atoms with van der Waals surface area (Å²) in [4.78, 5) is 14.4. The van der Waals surface area contributed by atoms with Gasteiger partial charge in [-0.05, 0) is 46.8 Å². The van der Waals surface area contributed by atoms with Gasteiger partial charge in [0.15, 0.2) is 0 Å². The third-order valence-electron chi connectivity index (χ3n) is 5.30. The topological polar surface area (TPSA) is 69.7 Å². The smallest absolute Gasteiger partial charge is 0.252 e. The number of sulfonamides is 1. The lowest BCUT2D eigenvalue weighted by Crippen LogP contribution is -2.52. The summed E-state index contributed by atoms with van der Waals surface area (Å²) in [5.74, 6) is 0.599. The monoisotopic (exact) mass is 463 g/mol. The summed E-state index contributed by atoms with van der Waals surface area (Å²) in [5.41, 5.74) is 0. The molecule has 1 N–H and O–H groups in total. The van der Waals surface area contributed by atoms with Crippen molar-refractivity contribution in [2.24, 2.45) is 5.92 Å². The van der Waals surface area contributed by atoms with Gasteiger partial charge in [0.2, 0.25) is 5.91 Å². The lowest BCUT2D eigenvalue weighted by atomic mass is 9.86. The first kappa shape index (κ1) is 20.3. The lowest BCUT2D eigenvalue weighted by molar-refractivity contribution is -0.123. The van der Waals surface area contributed by atoms with Gasteiger partial charge in [0.25, 0.3) is 10.0 Å². The largest absolute Gasteiger partial charge is 0.352 e. The molecule has 6 nitrogen and oxygen atoms in total. The van der Waals surface area contributed by atoms with Crippen LogP contribution in [0.4, 0.5) is 0 Å². The molecule has 1 amide bonds. The van der Waals surface area contributed by atoms with Gasteiger partial charge in [0.1, 0.15) is 4.21 Å². The first-order chi connectivity index (χ1) is 12.4. The fourth-order valence-corrected chi connectivity index (χ4v) is 7.26. The zero-order valence-electron chi connectivity index (χ0n) is 15.0. The van der Waals surface area contributed by atoms with E-state index in [9.17, 15) is 13.2 Å². The van der Waals surface area contributed by atoms with Gasteiger partial charge in [-0.1, -0.05) is 19.8 Å². The van der Waals surface area contributed by atoms with E-state index in [1.165, 1.54) is 34.9 Å². The molecule has 2 atom stereocenters. The standard InChI is InChI=1S/C17H26BrN3O3S2/c1-13-4-2-3-5-14(13)19-16(22)12-20-8-10-21(11-9-20)26(23,24)17-7-6-15(18)25-17/h6-7,13-14H,2-5,8-12H2,1H3,(H,19,22)/t13-,14-/m1/s1. The van der Waals surface area contributed by atoms with Crippen molar-refractivity contribution in [1.82, 2.24) is 14.5 Å². The molecule has 2 aliphatic rings. The zero-order valence-corrected chi connectivity index (χ0v) is 18.2.